The number of aliphatic imine (C=N–C) groups is 1. The van der Waals surface area contributed by atoms with E-state index in [1.54, 1.807) is 0 Å². The molecule has 6 heteroatoms. The molecule has 6 nitrogen and oxygen atoms in total. The molecule has 1 saturated heterocycles. The lowest BCUT2D eigenvalue weighted by molar-refractivity contribution is 0.0657. The van der Waals surface area contributed by atoms with Gasteiger partial charge in [-0.2, -0.15) is 0 Å². The minimum atomic E-state index is 0.131. The molecule has 2 aromatic rings. The van der Waals surface area contributed by atoms with Crippen molar-refractivity contribution >= 4 is 5.96 Å². The summed E-state index contributed by atoms with van der Waals surface area (Å²) in [5.41, 5.74) is 4.64. The highest BCUT2D eigenvalue weighted by molar-refractivity contribution is 5.79. The molecule has 1 heterocycles. The van der Waals surface area contributed by atoms with Gasteiger partial charge in [-0.3, -0.25) is 0 Å². The Labute approximate surface area is 192 Å². The van der Waals surface area contributed by atoms with Crippen molar-refractivity contribution in [1.29, 1.82) is 0 Å². The molecule has 1 aliphatic heterocycles. The Kier molecular flexibility index (Phi) is 9.38. The van der Waals surface area contributed by atoms with E-state index in [0.29, 0.717) is 26.3 Å². The molecule has 32 heavy (non-hydrogen) atoms. The lowest BCUT2D eigenvalue weighted by Crippen LogP contribution is -2.37. The zero-order chi connectivity index (χ0) is 22.8. The van der Waals surface area contributed by atoms with E-state index in [0.717, 1.165) is 42.4 Å². The van der Waals surface area contributed by atoms with Crippen LogP contribution in [-0.2, 0) is 29.2 Å². The number of nitrogens with one attached hydrogen (secondary N) is 2. The van der Waals surface area contributed by atoms with Crippen LogP contribution in [-0.4, -0.2) is 37.9 Å². The molecule has 2 aromatic carbocycles. The predicted molar refractivity (Wildman–Crippen MR) is 129 cm³/mol. The third kappa shape index (κ3) is 7.84. The maximum Gasteiger partial charge on any atom is 0.191 e. The first kappa shape index (κ1) is 24.1. The van der Waals surface area contributed by atoms with Crippen molar-refractivity contribution in [2.45, 2.75) is 66.0 Å². The Hall–Kier alpha value is -2.57. The van der Waals surface area contributed by atoms with Gasteiger partial charge in [0.1, 0.15) is 11.9 Å². The molecule has 3 rings (SSSR count). The molecule has 2 N–H and O–H groups in total. The lowest BCUT2D eigenvalue weighted by atomic mass is 10.1. The SMILES string of the molecule is CCNC(=NCc1ccc(COC(C)C)cc1)NCc1ccc(C)cc1OC1CCOC1. The number of aryl methyl sites for hydroxylation is 1. The highest BCUT2D eigenvalue weighted by Crippen LogP contribution is 2.23. The zero-order valence-corrected chi connectivity index (χ0v) is 19.8. The summed E-state index contributed by atoms with van der Waals surface area (Å²) in [5.74, 6) is 1.71. The molecule has 0 radical (unpaired) electrons. The monoisotopic (exact) mass is 439 g/mol. The summed E-state index contributed by atoms with van der Waals surface area (Å²) in [4.78, 5) is 4.76. The van der Waals surface area contributed by atoms with Gasteiger partial charge in [0.2, 0.25) is 0 Å². The van der Waals surface area contributed by atoms with E-state index in [1.807, 2.05) is 13.8 Å². The second-order valence-electron chi connectivity index (χ2n) is 8.44. The second-order valence-corrected chi connectivity index (χ2v) is 8.44. The minimum Gasteiger partial charge on any atom is -0.488 e. The summed E-state index contributed by atoms with van der Waals surface area (Å²) < 4.78 is 17.3. The standard InChI is InChI=1S/C26H37N3O3/c1-5-27-26(28-15-21-7-9-22(10-8-21)17-31-19(2)3)29-16-23-11-6-20(4)14-25(23)32-24-12-13-30-18-24/h6-11,14,19,24H,5,12-13,15-18H2,1-4H3,(H2,27,28,29). The van der Waals surface area contributed by atoms with Crippen LogP contribution in [0.25, 0.3) is 0 Å². The number of hydrogen-bond donors (Lipinski definition) is 2. The Morgan fingerprint density at radius 2 is 1.91 bits per heavy atom. The summed E-state index contributed by atoms with van der Waals surface area (Å²) in [7, 11) is 0. The van der Waals surface area contributed by atoms with Crippen LogP contribution in [0, 0.1) is 6.92 Å². The van der Waals surface area contributed by atoms with Crippen molar-refractivity contribution in [2.75, 3.05) is 19.8 Å². The minimum absolute atomic E-state index is 0.131. The number of nitrogens with zero attached hydrogens (tertiary/aromatic N) is 1. The first-order chi connectivity index (χ1) is 15.5. The summed E-state index contributed by atoms with van der Waals surface area (Å²) in [6.45, 7) is 12.4. The third-order valence-corrected chi connectivity index (χ3v) is 5.22. The van der Waals surface area contributed by atoms with Gasteiger partial charge in [0.05, 0.1) is 32.5 Å². The van der Waals surface area contributed by atoms with E-state index in [-0.39, 0.29) is 12.2 Å². The topological polar surface area (TPSA) is 64.1 Å². The average molecular weight is 440 g/mol. The van der Waals surface area contributed by atoms with E-state index in [9.17, 15) is 0 Å². The smallest absolute Gasteiger partial charge is 0.191 e. The first-order valence-corrected chi connectivity index (χ1v) is 11.6. The van der Waals surface area contributed by atoms with E-state index in [4.69, 9.17) is 19.2 Å². The molecule has 1 atom stereocenters. The molecular formula is C26H37N3O3. The normalized spacial score (nSPS) is 16.4. The number of hydrogen-bond acceptors (Lipinski definition) is 4. The highest BCUT2D eigenvalue weighted by Gasteiger charge is 2.18. The average Bonchev–Trinajstić information content (AvgIpc) is 3.29. The number of benzene rings is 2. The lowest BCUT2D eigenvalue weighted by Gasteiger charge is -2.18. The van der Waals surface area contributed by atoms with E-state index >= 15 is 0 Å². The van der Waals surface area contributed by atoms with Crippen molar-refractivity contribution in [3.63, 3.8) is 0 Å². The summed E-state index contributed by atoms with van der Waals surface area (Å²) in [5, 5.41) is 6.77. The van der Waals surface area contributed by atoms with Gasteiger partial charge in [0.25, 0.3) is 0 Å². The van der Waals surface area contributed by atoms with E-state index in [1.165, 1.54) is 11.1 Å². The van der Waals surface area contributed by atoms with Gasteiger partial charge in [-0.25, -0.2) is 4.99 Å². The quantitative estimate of drug-likeness (QED) is 0.426. The maximum atomic E-state index is 6.22. The molecule has 1 unspecified atom stereocenters. The number of rotatable bonds is 10. The Bertz CT molecular complexity index is 859. The number of ether oxygens (including phenoxy) is 3. The Morgan fingerprint density at radius 1 is 1.12 bits per heavy atom. The fourth-order valence-corrected chi connectivity index (χ4v) is 3.40. The third-order valence-electron chi connectivity index (χ3n) is 5.22. The van der Waals surface area contributed by atoms with Crippen molar-refractivity contribution < 1.29 is 14.2 Å². The van der Waals surface area contributed by atoms with E-state index < -0.39 is 0 Å². The van der Waals surface area contributed by atoms with Crippen molar-refractivity contribution in [3.05, 3.63) is 64.7 Å². The molecule has 174 valence electrons. The Morgan fingerprint density at radius 3 is 2.59 bits per heavy atom. The molecule has 0 aromatic heterocycles. The van der Waals surface area contributed by atoms with Crippen LogP contribution in [0.3, 0.4) is 0 Å². The molecule has 1 fully saturated rings. The molecule has 1 aliphatic rings. The summed E-state index contributed by atoms with van der Waals surface area (Å²) >= 11 is 0. The molecule has 0 amide bonds. The van der Waals surface area contributed by atoms with Gasteiger partial charge in [0, 0.05) is 25.1 Å². The highest BCUT2D eigenvalue weighted by atomic mass is 16.5. The van der Waals surface area contributed by atoms with Crippen LogP contribution < -0.4 is 15.4 Å². The molecule has 0 bridgehead atoms. The van der Waals surface area contributed by atoms with Gasteiger partial charge in [-0.15, -0.1) is 0 Å². The van der Waals surface area contributed by atoms with Crippen LogP contribution in [0.4, 0.5) is 0 Å². The van der Waals surface area contributed by atoms with E-state index in [2.05, 4.69) is 66.9 Å². The zero-order valence-electron chi connectivity index (χ0n) is 19.8. The Balaban J connectivity index is 1.59. The second kappa shape index (κ2) is 12.5. The van der Waals surface area contributed by atoms with Crippen LogP contribution in [0.15, 0.2) is 47.5 Å². The van der Waals surface area contributed by atoms with Crippen LogP contribution in [0.5, 0.6) is 5.75 Å². The molecule has 0 aliphatic carbocycles. The molecule has 0 spiro atoms. The summed E-state index contributed by atoms with van der Waals surface area (Å²) in [6, 6.07) is 14.8. The maximum absolute atomic E-state index is 6.22. The van der Waals surface area contributed by atoms with Crippen molar-refractivity contribution in [1.82, 2.24) is 10.6 Å². The van der Waals surface area contributed by atoms with Gasteiger partial charge >= 0.3 is 0 Å². The van der Waals surface area contributed by atoms with Crippen LogP contribution >= 0.6 is 0 Å². The van der Waals surface area contributed by atoms with Crippen molar-refractivity contribution in [2.24, 2.45) is 4.99 Å². The first-order valence-electron chi connectivity index (χ1n) is 11.6. The fraction of sp³-hybridized carbons (Fsp3) is 0.500. The molecule has 0 saturated carbocycles. The molecular weight excluding hydrogens is 402 g/mol. The van der Waals surface area contributed by atoms with Crippen LogP contribution in [0.1, 0.15) is 49.4 Å². The van der Waals surface area contributed by atoms with Crippen molar-refractivity contribution in [3.8, 4) is 5.75 Å². The van der Waals surface area contributed by atoms with Gasteiger partial charge in [-0.1, -0.05) is 36.4 Å². The largest absolute Gasteiger partial charge is 0.488 e. The summed E-state index contributed by atoms with van der Waals surface area (Å²) in [6.07, 6.45) is 1.30. The predicted octanol–water partition coefficient (Wildman–Crippen LogP) is 4.34. The number of guanidine groups is 1. The fourth-order valence-electron chi connectivity index (χ4n) is 3.40. The van der Waals surface area contributed by atoms with Gasteiger partial charge < -0.3 is 24.8 Å². The van der Waals surface area contributed by atoms with Gasteiger partial charge in [0.15, 0.2) is 5.96 Å². The van der Waals surface area contributed by atoms with Gasteiger partial charge in [-0.05, 0) is 50.5 Å². The van der Waals surface area contributed by atoms with Crippen LogP contribution in [0.2, 0.25) is 0 Å².